The van der Waals surface area contributed by atoms with E-state index >= 15 is 0 Å². The van der Waals surface area contributed by atoms with Crippen LogP contribution in [0.2, 0.25) is 0 Å². The van der Waals surface area contributed by atoms with Gasteiger partial charge in [0.15, 0.2) is 5.75 Å². The highest BCUT2D eigenvalue weighted by Crippen LogP contribution is 2.45. The number of aromatic nitrogens is 1. The summed E-state index contributed by atoms with van der Waals surface area (Å²) < 4.78 is 8.84. The van der Waals surface area contributed by atoms with Gasteiger partial charge in [-0.3, -0.25) is 0 Å². The molecule has 3 nitrogen and oxygen atoms in total. The molecule has 0 radical (unpaired) electrons. The first-order valence-electron chi connectivity index (χ1n) is 20.0. The van der Waals surface area contributed by atoms with E-state index in [-0.39, 0.29) is 0 Å². The fourth-order valence-electron chi connectivity index (χ4n) is 8.78. The number of benzene rings is 7. The van der Waals surface area contributed by atoms with Gasteiger partial charge in [-0.1, -0.05) is 133 Å². The number of allylic oxidation sites excluding steroid dienone is 8. The van der Waals surface area contributed by atoms with Crippen LogP contribution in [0.25, 0.3) is 66.5 Å². The van der Waals surface area contributed by atoms with Crippen molar-refractivity contribution in [2.75, 3.05) is 4.90 Å². The van der Waals surface area contributed by atoms with Crippen LogP contribution in [0.3, 0.4) is 0 Å². The van der Waals surface area contributed by atoms with Crippen LogP contribution < -0.4 is 9.64 Å². The summed E-state index contributed by atoms with van der Waals surface area (Å²) in [5.74, 6) is 2.00. The van der Waals surface area contributed by atoms with Gasteiger partial charge in [0, 0.05) is 34.3 Å². The molecule has 8 aromatic rings. The zero-order chi connectivity index (χ0) is 37.7. The second-order valence-corrected chi connectivity index (χ2v) is 15.1. The first-order valence-corrected chi connectivity index (χ1v) is 20.0. The van der Waals surface area contributed by atoms with Gasteiger partial charge in [0.05, 0.1) is 16.7 Å². The predicted molar refractivity (Wildman–Crippen MR) is 239 cm³/mol. The highest BCUT2D eigenvalue weighted by Gasteiger charge is 2.26. The molecule has 0 bridgehead atoms. The van der Waals surface area contributed by atoms with Crippen molar-refractivity contribution in [2.24, 2.45) is 0 Å². The molecular weight excluding hydrogens is 693 g/mol. The van der Waals surface area contributed by atoms with Crippen molar-refractivity contribution in [3.8, 4) is 39.1 Å². The molecule has 3 heteroatoms. The molecule has 11 rings (SSSR count). The molecule has 0 unspecified atom stereocenters. The van der Waals surface area contributed by atoms with Crippen molar-refractivity contribution < 1.29 is 4.74 Å². The van der Waals surface area contributed by atoms with Crippen LogP contribution in [0, 0.1) is 0 Å². The molecule has 0 N–H and O–H groups in total. The number of hydrogen-bond acceptors (Lipinski definition) is 2. The van der Waals surface area contributed by atoms with Crippen LogP contribution >= 0.6 is 0 Å². The Hall–Kier alpha value is -7.10. The molecule has 0 saturated heterocycles. The molecule has 0 atom stereocenters. The van der Waals surface area contributed by atoms with Gasteiger partial charge in [-0.25, -0.2) is 0 Å². The Balaban J connectivity index is 0.945. The van der Waals surface area contributed by atoms with Crippen molar-refractivity contribution in [3.05, 3.63) is 205 Å². The normalized spacial score (nSPS) is 14.4. The fourth-order valence-corrected chi connectivity index (χ4v) is 8.78. The van der Waals surface area contributed by atoms with Crippen LogP contribution in [0.1, 0.15) is 31.2 Å². The molecule has 1 aliphatic heterocycles. The van der Waals surface area contributed by atoms with Gasteiger partial charge < -0.3 is 14.2 Å². The quantitative estimate of drug-likeness (QED) is 0.162. The predicted octanol–water partition coefficient (Wildman–Crippen LogP) is 14.9. The Morgan fingerprint density at radius 1 is 0.456 bits per heavy atom. The number of ether oxygens (including phenoxy) is 1. The lowest BCUT2D eigenvalue weighted by Crippen LogP contribution is -2.12. The van der Waals surface area contributed by atoms with E-state index in [0.717, 1.165) is 65.5 Å². The molecule has 0 saturated carbocycles. The van der Waals surface area contributed by atoms with Gasteiger partial charge in [0.25, 0.3) is 0 Å². The summed E-state index contributed by atoms with van der Waals surface area (Å²) in [6.45, 7) is 0. The summed E-state index contributed by atoms with van der Waals surface area (Å²) >= 11 is 0. The third-order valence-electron chi connectivity index (χ3n) is 11.7. The average molecular weight is 733 g/mol. The van der Waals surface area contributed by atoms with Crippen molar-refractivity contribution >= 4 is 50.1 Å². The summed E-state index contributed by atoms with van der Waals surface area (Å²) in [7, 11) is 0. The molecule has 272 valence electrons. The molecule has 2 heterocycles. The standard InChI is InChI=1S/C54H40N2O/c1-3-10-37(11-4-1)39-18-20-40(21-19-39)42-24-31-46(32-25-42)55(45-29-22-41(23-30-45)38-12-5-2-6-13-38)47-33-26-43(27-34-47)44-28-35-50-49(36-44)48-14-9-17-53-54(48)56(50)51-15-7-8-16-52(51)57-53/h2-3,5-7,9-15,17-36H,1,4,8,16H2. The van der Waals surface area contributed by atoms with E-state index < -0.39 is 0 Å². The highest BCUT2D eigenvalue weighted by atomic mass is 16.5. The Bertz CT molecular complexity index is 2920. The maximum absolute atomic E-state index is 6.44. The third-order valence-corrected chi connectivity index (χ3v) is 11.7. The lowest BCUT2D eigenvalue weighted by Gasteiger charge is -2.26. The minimum atomic E-state index is 0.925. The van der Waals surface area contributed by atoms with Gasteiger partial charge in [-0.05, 0) is 124 Å². The first kappa shape index (κ1) is 33.3. The molecule has 0 fully saturated rings. The van der Waals surface area contributed by atoms with Gasteiger partial charge in [0.2, 0.25) is 0 Å². The molecule has 0 amide bonds. The number of fused-ring (bicyclic) bond motifs is 4. The second-order valence-electron chi connectivity index (χ2n) is 15.1. The molecular formula is C54H40N2O. The summed E-state index contributed by atoms with van der Waals surface area (Å²) in [5.41, 5.74) is 16.6. The fraction of sp³-hybridized carbons (Fsp3) is 0.0741. The maximum Gasteiger partial charge on any atom is 0.151 e. The molecule has 2 aliphatic carbocycles. The van der Waals surface area contributed by atoms with Crippen molar-refractivity contribution in [2.45, 2.75) is 25.7 Å². The highest BCUT2D eigenvalue weighted by molar-refractivity contribution is 6.14. The van der Waals surface area contributed by atoms with Gasteiger partial charge in [0.1, 0.15) is 5.76 Å². The van der Waals surface area contributed by atoms with Gasteiger partial charge in [-0.15, -0.1) is 0 Å². The van der Waals surface area contributed by atoms with Crippen molar-refractivity contribution in [1.82, 2.24) is 4.57 Å². The van der Waals surface area contributed by atoms with Crippen molar-refractivity contribution in [1.29, 1.82) is 0 Å². The van der Waals surface area contributed by atoms with E-state index in [4.69, 9.17) is 4.74 Å². The lowest BCUT2D eigenvalue weighted by molar-refractivity contribution is 0.400. The third kappa shape index (κ3) is 5.91. The summed E-state index contributed by atoms with van der Waals surface area (Å²) in [6.07, 6.45) is 15.5. The summed E-state index contributed by atoms with van der Waals surface area (Å²) in [5, 5.41) is 2.46. The molecule has 57 heavy (non-hydrogen) atoms. The van der Waals surface area contributed by atoms with Crippen LogP contribution in [0.4, 0.5) is 17.1 Å². The van der Waals surface area contributed by atoms with Gasteiger partial charge >= 0.3 is 0 Å². The van der Waals surface area contributed by atoms with Crippen molar-refractivity contribution in [3.63, 3.8) is 0 Å². The Morgan fingerprint density at radius 2 is 1.04 bits per heavy atom. The monoisotopic (exact) mass is 732 g/mol. The number of hydrogen-bond donors (Lipinski definition) is 0. The van der Waals surface area contributed by atoms with E-state index in [1.807, 2.05) is 0 Å². The lowest BCUT2D eigenvalue weighted by atomic mass is 9.97. The SMILES string of the molecule is C1=CC(c2ccc(-c3ccc(N(c4ccc(-c5ccccc5)cc4)c4ccc(-c5ccc6c(c5)c5cccc7c5n6C5=C(CCC=C5)O7)cc4)cc3)cc2)=CCC1. The Morgan fingerprint density at radius 3 is 1.68 bits per heavy atom. The largest absolute Gasteiger partial charge is 0.457 e. The van der Waals surface area contributed by atoms with E-state index in [2.05, 4.69) is 204 Å². The Kier molecular flexibility index (Phi) is 8.10. The smallest absolute Gasteiger partial charge is 0.151 e. The van der Waals surface area contributed by atoms with E-state index in [9.17, 15) is 0 Å². The topological polar surface area (TPSA) is 17.4 Å². The first-order chi connectivity index (χ1) is 28.2. The van der Waals surface area contributed by atoms with Gasteiger partial charge in [-0.2, -0.15) is 0 Å². The molecule has 0 spiro atoms. The van der Waals surface area contributed by atoms with Crippen LogP contribution in [-0.4, -0.2) is 4.57 Å². The molecule has 3 aliphatic rings. The Labute approximate surface area is 333 Å². The van der Waals surface area contributed by atoms with E-state index in [1.165, 1.54) is 60.8 Å². The van der Waals surface area contributed by atoms with Crippen LogP contribution in [0.5, 0.6) is 5.75 Å². The maximum atomic E-state index is 6.44. The average Bonchev–Trinajstić information content (AvgIpc) is 3.63. The minimum absolute atomic E-state index is 0.925. The van der Waals surface area contributed by atoms with E-state index in [1.54, 1.807) is 0 Å². The minimum Gasteiger partial charge on any atom is -0.457 e. The number of para-hydroxylation sites is 1. The van der Waals surface area contributed by atoms with E-state index in [0.29, 0.717) is 0 Å². The molecule has 1 aromatic heterocycles. The second kappa shape index (κ2) is 13.9. The summed E-state index contributed by atoms with van der Waals surface area (Å²) in [6, 6.07) is 59.7. The number of anilines is 3. The summed E-state index contributed by atoms with van der Waals surface area (Å²) in [4.78, 5) is 2.35. The molecule has 7 aromatic carbocycles. The van der Waals surface area contributed by atoms with Crippen LogP contribution in [0.15, 0.2) is 200 Å². The number of nitrogens with zero attached hydrogens (tertiary/aromatic N) is 2. The zero-order valence-electron chi connectivity index (χ0n) is 31.6. The number of rotatable bonds is 7. The zero-order valence-corrected chi connectivity index (χ0v) is 31.6. The van der Waals surface area contributed by atoms with Crippen LogP contribution in [-0.2, 0) is 0 Å².